The fraction of sp³-hybridized carbons (Fsp3) is 0.634. The SMILES string of the molecule is CC(C)c1cnn2c(NCC3CCC(NC(=O)COCCOCCCc4cccc5c4CN(C4CCC(=O)NC4=O)C5=O)CC3)nc(OC3CCN(C)CC3)nc12. The number of imide groups is 1. The number of hydrogen-bond acceptors (Lipinski definition) is 12. The molecule has 3 N–H and O–H groups in total. The second-order valence-electron chi connectivity index (χ2n) is 16.2. The van der Waals surface area contributed by atoms with Gasteiger partial charge in [0.15, 0.2) is 5.65 Å². The van der Waals surface area contributed by atoms with Crippen LogP contribution >= 0.6 is 0 Å². The molecule has 16 nitrogen and oxygen atoms in total. The minimum absolute atomic E-state index is 0.00733. The second-order valence-corrected chi connectivity index (χ2v) is 16.2. The molecule has 1 aliphatic carbocycles. The Hall–Kier alpha value is -4.67. The Balaban J connectivity index is 0.772. The number of aromatic nitrogens is 4. The molecule has 5 heterocycles. The lowest BCUT2D eigenvalue weighted by molar-refractivity contribution is -0.137. The van der Waals surface area contributed by atoms with Gasteiger partial charge in [-0.2, -0.15) is 19.6 Å². The molecule has 0 bridgehead atoms. The van der Waals surface area contributed by atoms with Crippen molar-refractivity contribution in [1.29, 1.82) is 0 Å². The zero-order valence-electron chi connectivity index (χ0n) is 33.5. The predicted molar refractivity (Wildman–Crippen MR) is 211 cm³/mol. The molecule has 7 rings (SSSR count). The van der Waals surface area contributed by atoms with E-state index in [1.807, 2.05) is 18.3 Å². The number of benzene rings is 1. The Bertz CT molecular complexity index is 1900. The first-order valence-corrected chi connectivity index (χ1v) is 20.7. The van der Waals surface area contributed by atoms with Crippen molar-refractivity contribution in [3.05, 3.63) is 46.6 Å². The highest BCUT2D eigenvalue weighted by Gasteiger charge is 2.39. The quantitative estimate of drug-likeness (QED) is 0.135. The lowest BCUT2D eigenvalue weighted by atomic mass is 9.86. The van der Waals surface area contributed by atoms with E-state index in [1.165, 1.54) is 0 Å². The highest BCUT2D eigenvalue weighted by molar-refractivity contribution is 6.05. The Morgan fingerprint density at radius 3 is 2.54 bits per heavy atom. The Kier molecular flexibility index (Phi) is 13.3. The van der Waals surface area contributed by atoms with Gasteiger partial charge in [-0.15, -0.1) is 0 Å². The van der Waals surface area contributed by atoms with Crippen LogP contribution < -0.4 is 20.7 Å². The molecule has 0 spiro atoms. The molecule has 3 aliphatic heterocycles. The van der Waals surface area contributed by atoms with Crippen LogP contribution in [0, 0.1) is 5.92 Å². The van der Waals surface area contributed by atoms with Crippen molar-refractivity contribution < 1.29 is 33.4 Å². The predicted octanol–water partition coefficient (Wildman–Crippen LogP) is 3.23. The van der Waals surface area contributed by atoms with E-state index in [9.17, 15) is 19.2 Å². The lowest BCUT2D eigenvalue weighted by Gasteiger charge is -2.29. The van der Waals surface area contributed by atoms with Crippen molar-refractivity contribution >= 4 is 35.2 Å². The number of fused-ring (bicyclic) bond motifs is 2. The zero-order valence-corrected chi connectivity index (χ0v) is 33.5. The van der Waals surface area contributed by atoms with E-state index in [0.717, 1.165) is 93.3 Å². The van der Waals surface area contributed by atoms with Gasteiger partial charge in [-0.25, -0.2) is 0 Å². The van der Waals surface area contributed by atoms with Gasteiger partial charge in [-0.05, 0) is 93.9 Å². The molecular formula is C41H57N9O7. The number of carbonyl (C=O) groups excluding carboxylic acids is 4. The molecule has 16 heteroatoms. The Morgan fingerprint density at radius 1 is 0.982 bits per heavy atom. The molecule has 1 aromatic carbocycles. The van der Waals surface area contributed by atoms with E-state index in [0.29, 0.717) is 56.2 Å². The number of likely N-dealkylation sites (tertiary alicyclic amines) is 1. The van der Waals surface area contributed by atoms with Gasteiger partial charge in [0.1, 0.15) is 18.8 Å². The minimum atomic E-state index is -0.627. The van der Waals surface area contributed by atoms with E-state index in [2.05, 4.69) is 46.8 Å². The monoisotopic (exact) mass is 787 g/mol. The van der Waals surface area contributed by atoms with Crippen LogP contribution in [0.3, 0.4) is 0 Å². The van der Waals surface area contributed by atoms with E-state index in [1.54, 1.807) is 15.5 Å². The number of carbonyl (C=O) groups is 4. The minimum Gasteiger partial charge on any atom is -0.460 e. The van der Waals surface area contributed by atoms with Gasteiger partial charge in [0, 0.05) is 56.4 Å². The molecule has 1 unspecified atom stereocenters. The van der Waals surface area contributed by atoms with Crippen molar-refractivity contribution in [2.24, 2.45) is 5.92 Å². The number of ether oxygens (including phenoxy) is 3. The average Bonchev–Trinajstić information content (AvgIpc) is 3.78. The van der Waals surface area contributed by atoms with Crippen molar-refractivity contribution in [2.45, 2.75) is 109 Å². The number of aryl methyl sites for hydroxylation is 1. The first-order valence-electron chi connectivity index (χ1n) is 20.7. The van der Waals surface area contributed by atoms with Crippen LogP contribution in [0.4, 0.5) is 5.95 Å². The lowest BCUT2D eigenvalue weighted by Crippen LogP contribution is -2.52. The van der Waals surface area contributed by atoms with Gasteiger partial charge in [0.25, 0.3) is 5.91 Å². The van der Waals surface area contributed by atoms with Crippen LogP contribution in [-0.4, -0.2) is 124 Å². The molecule has 1 atom stereocenters. The molecular weight excluding hydrogens is 731 g/mol. The van der Waals surface area contributed by atoms with Gasteiger partial charge in [0.05, 0.1) is 19.4 Å². The maximum absolute atomic E-state index is 13.1. The normalized spacial score (nSPS) is 21.9. The van der Waals surface area contributed by atoms with E-state index in [-0.39, 0.29) is 48.8 Å². The number of nitrogens with zero attached hydrogens (tertiary/aromatic N) is 6. The molecule has 1 saturated carbocycles. The van der Waals surface area contributed by atoms with Crippen LogP contribution in [0.25, 0.3) is 5.65 Å². The topological polar surface area (TPSA) is 182 Å². The van der Waals surface area contributed by atoms with E-state index in [4.69, 9.17) is 24.2 Å². The number of amides is 4. The van der Waals surface area contributed by atoms with Crippen LogP contribution in [0.1, 0.15) is 105 Å². The summed E-state index contributed by atoms with van der Waals surface area (Å²) in [6.07, 6.45) is 9.69. The maximum atomic E-state index is 13.1. The fourth-order valence-electron chi connectivity index (χ4n) is 8.35. The van der Waals surface area contributed by atoms with Crippen molar-refractivity contribution in [1.82, 2.24) is 40.0 Å². The Labute approximate surface area is 333 Å². The summed E-state index contributed by atoms with van der Waals surface area (Å²) < 4.78 is 19.5. The average molecular weight is 788 g/mol. The number of piperidine rings is 2. The van der Waals surface area contributed by atoms with Gasteiger partial charge < -0.3 is 34.6 Å². The third-order valence-corrected chi connectivity index (χ3v) is 11.7. The summed E-state index contributed by atoms with van der Waals surface area (Å²) in [7, 11) is 2.13. The summed E-state index contributed by atoms with van der Waals surface area (Å²) in [5.74, 6) is 0.358. The molecule has 57 heavy (non-hydrogen) atoms. The highest BCUT2D eigenvalue weighted by Crippen LogP contribution is 2.31. The largest absolute Gasteiger partial charge is 0.460 e. The van der Waals surface area contributed by atoms with Gasteiger partial charge in [-0.3, -0.25) is 24.5 Å². The van der Waals surface area contributed by atoms with Crippen molar-refractivity contribution in [3.8, 4) is 6.01 Å². The van der Waals surface area contributed by atoms with E-state index >= 15 is 0 Å². The van der Waals surface area contributed by atoms with Crippen LogP contribution in [-0.2, 0) is 36.8 Å². The van der Waals surface area contributed by atoms with Crippen molar-refractivity contribution in [3.63, 3.8) is 0 Å². The third kappa shape index (κ3) is 10.1. The molecule has 0 radical (unpaired) electrons. The summed E-state index contributed by atoms with van der Waals surface area (Å²) in [4.78, 5) is 63.1. The van der Waals surface area contributed by atoms with Crippen LogP contribution in [0.15, 0.2) is 24.4 Å². The molecule has 2 saturated heterocycles. The zero-order chi connectivity index (χ0) is 39.9. The number of rotatable bonds is 17. The molecule has 308 valence electrons. The van der Waals surface area contributed by atoms with Gasteiger partial charge in [0.2, 0.25) is 23.7 Å². The molecule has 4 amide bonds. The second kappa shape index (κ2) is 18.7. The summed E-state index contributed by atoms with van der Waals surface area (Å²) in [6.45, 7) is 8.58. The van der Waals surface area contributed by atoms with E-state index < -0.39 is 11.9 Å². The Morgan fingerprint density at radius 2 is 1.77 bits per heavy atom. The molecule has 3 fully saturated rings. The molecule has 2 aromatic heterocycles. The summed E-state index contributed by atoms with van der Waals surface area (Å²) in [5, 5.41) is 13.6. The third-order valence-electron chi connectivity index (χ3n) is 11.7. The first kappa shape index (κ1) is 40.5. The summed E-state index contributed by atoms with van der Waals surface area (Å²) >= 11 is 0. The maximum Gasteiger partial charge on any atom is 0.322 e. The highest BCUT2D eigenvalue weighted by atomic mass is 16.5. The summed E-state index contributed by atoms with van der Waals surface area (Å²) in [5.41, 5.74) is 4.45. The van der Waals surface area contributed by atoms with Crippen LogP contribution in [0.5, 0.6) is 6.01 Å². The van der Waals surface area contributed by atoms with Crippen LogP contribution in [0.2, 0.25) is 0 Å². The fourth-order valence-corrected chi connectivity index (χ4v) is 8.35. The summed E-state index contributed by atoms with van der Waals surface area (Å²) in [6, 6.07) is 5.57. The number of hydrogen-bond donors (Lipinski definition) is 3. The first-order chi connectivity index (χ1) is 27.6. The van der Waals surface area contributed by atoms with Crippen molar-refractivity contribution in [2.75, 3.05) is 58.4 Å². The smallest absolute Gasteiger partial charge is 0.322 e. The number of anilines is 1. The van der Waals surface area contributed by atoms with Gasteiger partial charge >= 0.3 is 6.01 Å². The molecule has 4 aliphatic rings. The molecule has 3 aromatic rings. The number of nitrogens with one attached hydrogen (secondary N) is 3. The van der Waals surface area contributed by atoms with Gasteiger partial charge in [-0.1, -0.05) is 26.0 Å². The standard InChI is InChI=1S/C41H57N9O7/c1-26(2)32-23-43-50-37(32)46-41(57-30-15-17-48(3)18-16-30)47-40(50)42-22-27-9-11-29(12-10-27)44-36(52)25-56-21-20-55-19-5-7-28-6-4-8-31-33(28)24-49(39(31)54)34-13-14-35(51)45-38(34)53/h4,6,8,23,26-27,29-30,34H,5,7,9-22,24-25H2,1-3H3,(H,44,52)(H,42,46,47)(H,45,51,53).